The molecule has 1 heterocycles. The minimum atomic E-state index is -0.452. The lowest BCUT2D eigenvalue weighted by Gasteiger charge is -2.26. The van der Waals surface area contributed by atoms with Gasteiger partial charge in [0.2, 0.25) is 5.91 Å². The largest absolute Gasteiger partial charge is 0.353 e. The third kappa shape index (κ3) is 2.18. The van der Waals surface area contributed by atoms with Gasteiger partial charge >= 0.3 is 0 Å². The van der Waals surface area contributed by atoms with E-state index < -0.39 is 5.82 Å². The first kappa shape index (κ1) is 10.6. The molecule has 1 aromatic rings. The van der Waals surface area contributed by atoms with Crippen LogP contribution in [0.25, 0.3) is 0 Å². The van der Waals surface area contributed by atoms with Gasteiger partial charge < -0.3 is 10.2 Å². The number of hydrogen-bond donors (Lipinski definition) is 1. The Morgan fingerprint density at radius 1 is 1.44 bits per heavy atom. The highest BCUT2D eigenvalue weighted by atomic mass is 19.1. The Labute approximate surface area is 92.0 Å². The van der Waals surface area contributed by atoms with Gasteiger partial charge in [-0.3, -0.25) is 9.59 Å². The number of piperazine rings is 1. The predicted octanol–water partition coefficient (Wildman–Crippen LogP) is 0.398. The normalized spacial score (nSPS) is 15.8. The van der Waals surface area contributed by atoms with Gasteiger partial charge in [0.15, 0.2) is 0 Å². The summed E-state index contributed by atoms with van der Waals surface area (Å²) in [7, 11) is 0. The number of rotatable bonds is 1. The standard InChI is InChI=1S/C11H11FN2O2/c12-9-3-1-2-8(6-9)11(16)14-5-4-13-10(15)7-14/h1-3,6H,4-5,7H2,(H,13,15). The van der Waals surface area contributed by atoms with Crippen LogP contribution in [0, 0.1) is 5.82 Å². The second-order valence-electron chi connectivity index (χ2n) is 3.59. The molecule has 1 N–H and O–H groups in total. The maximum Gasteiger partial charge on any atom is 0.254 e. The minimum absolute atomic E-state index is 0.0371. The summed E-state index contributed by atoms with van der Waals surface area (Å²) in [5.74, 6) is -0.947. The fraction of sp³-hybridized carbons (Fsp3) is 0.273. The second kappa shape index (κ2) is 4.30. The maximum absolute atomic E-state index is 12.9. The van der Waals surface area contributed by atoms with Crippen LogP contribution in [0.3, 0.4) is 0 Å². The number of carbonyl (C=O) groups excluding carboxylic acids is 2. The van der Waals surface area contributed by atoms with Crippen LogP contribution in [0.1, 0.15) is 10.4 Å². The molecular formula is C11H11FN2O2. The van der Waals surface area contributed by atoms with Crippen LogP contribution < -0.4 is 5.32 Å². The summed E-state index contributed by atoms with van der Waals surface area (Å²) in [6.45, 7) is 0.941. The van der Waals surface area contributed by atoms with Gasteiger partial charge in [-0.2, -0.15) is 0 Å². The first-order valence-corrected chi connectivity index (χ1v) is 4.98. The molecule has 0 saturated carbocycles. The molecule has 4 nitrogen and oxygen atoms in total. The fourth-order valence-electron chi connectivity index (χ4n) is 1.62. The van der Waals surface area contributed by atoms with Gasteiger partial charge in [-0.1, -0.05) is 6.07 Å². The van der Waals surface area contributed by atoms with Crippen LogP contribution in [-0.2, 0) is 4.79 Å². The lowest BCUT2D eigenvalue weighted by molar-refractivity contribution is -0.123. The number of nitrogens with one attached hydrogen (secondary N) is 1. The molecular weight excluding hydrogens is 211 g/mol. The Morgan fingerprint density at radius 2 is 2.25 bits per heavy atom. The van der Waals surface area contributed by atoms with Crippen molar-refractivity contribution in [1.29, 1.82) is 0 Å². The Bertz CT molecular complexity index is 434. The third-order valence-corrected chi connectivity index (χ3v) is 2.40. The van der Waals surface area contributed by atoms with Crippen LogP contribution >= 0.6 is 0 Å². The second-order valence-corrected chi connectivity index (χ2v) is 3.59. The SMILES string of the molecule is O=C1CN(C(=O)c2cccc(F)c2)CCN1. The van der Waals surface area contributed by atoms with Crippen molar-refractivity contribution in [2.24, 2.45) is 0 Å². The molecule has 0 atom stereocenters. The molecule has 1 aromatic carbocycles. The Balaban J connectivity index is 2.15. The smallest absolute Gasteiger partial charge is 0.254 e. The maximum atomic E-state index is 12.9. The van der Waals surface area contributed by atoms with E-state index in [1.165, 1.54) is 29.2 Å². The van der Waals surface area contributed by atoms with Gasteiger partial charge in [-0.05, 0) is 18.2 Å². The van der Waals surface area contributed by atoms with Crippen LogP contribution in [0.4, 0.5) is 4.39 Å². The van der Waals surface area contributed by atoms with Crippen molar-refractivity contribution in [2.75, 3.05) is 19.6 Å². The van der Waals surface area contributed by atoms with Crippen molar-refractivity contribution in [1.82, 2.24) is 10.2 Å². The molecule has 0 aromatic heterocycles. The molecule has 2 rings (SSSR count). The number of amides is 2. The van der Waals surface area contributed by atoms with E-state index in [-0.39, 0.29) is 23.9 Å². The van der Waals surface area contributed by atoms with E-state index in [0.29, 0.717) is 13.1 Å². The Hall–Kier alpha value is -1.91. The van der Waals surface area contributed by atoms with E-state index in [4.69, 9.17) is 0 Å². The lowest BCUT2D eigenvalue weighted by Crippen LogP contribution is -2.49. The Morgan fingerprint density at radius 3 is 2.94 bits per heavy atom. The monoisotopic (exact) mass is 222 g/mol. The van der Waals surface area contributed by atoms with E-state index in [1.54, 1.807) is 0 Å². The zero-order valence-electron chi connectivity index (χ0n) is 8.57. The fourth-order valence-corrected chi connectivity index (χ4v) is 1.62. The highest BCUT2D eigenvalue weighted by Crippen LogP contribution is 2.08. The Kier molecular flexibility index (Phi) is 2.85. The average molecular weight is 222 g/mol. The highest BCUT2D eigenvalue weighted by Gasteiger charge is 2.22. The zero-order valence-corrected chi connectivity index (χ0v) is 8.57. The summed E-state index contributed by atoms with van der Waals surface area (Å²) in [6, 6.07) is 5.47. The summed E-state index contributed by atoms with van der Waals surface area (Å²) in [5.41, 5.74) is 0.273. The van der Waals surface area contributed by atoms with E-state index >= 15 is 0 Å². The zero-order chi connectivity index (χ0) is 11.5. The van der Waals surface area contributed by atoms with Crippen LogP contribution in [-0.4, -0.2) is 36.3 Å². The van der Waals surface area contributed by atoms with E-state index in [0.717, 1.165) is 0 Å². The van der Waals surface area contributed by atoms with Gasteiger partial charge in [0, 0.05) is 18.7 Å². The van der Waals surface area contributed by atoms with Crippen molar-refractivity contribution < 1.29 is 14.0 Å². The molecule has 0 bridgehead atoms. The first-order chi connectivity index (χ1) is 7.66. The van der Waals surface area contributed by atoms with Gasteiger partial charge in [-0.15, -0.1) is 0 Å². The van der Waals surface area contributed by atoms with Gasteiger partial charge in [0.1, 0.15) is 5.82 Å². The van der Waals surface area contributed by atoms with Gasteiger partial charge in [0.05, 0.1) is 6.54 Å². The molecule has 0 radical (unpaired) electrons. The summed E-state index contributed by atoms with van der Waals surface area (Å²) in [6.07, 6.45) is 0. The third-order valence-electron chi connectivity index (χ3n) is 2.40. The average Bonchev–Trinajstić information content (AvgIpc) is 2.28. The van der Waals surface area contributed by atoms with Crippen molar-refractivity contribution >= 4 is 11.8 Å². The van der Waals surface area contributed by atoms with Crippen LogP contribution in [0.15, 0.2) is 24.3 Å². The number of nitrogens with zero attached hydrogens (tertiary/aromatic N) is 1. The van der Waals surface area contributed by atoms with Crippen molar-refractivity contribution in [3.63, 3.8) is 0 Å². The van der Waals surface area contributed by atoms with Gasteiger partial charge in [-0.25, -0.2) is 4.39 Å². The molecule has 2 amide bonds. The van der Waals surface area contributed by atoms with E-state index in [2.05, 4.69) is 5.32 Å². The molecule has 1 fully saturated rings. The number of carbonyl (C=O) groups is 2. The van der Waals surface area contributed by atoms with E-state index in [1.807, 2.05) is 0 Å². The van der Waals surface area contributed by atoms with Gasteiger partial charge in [0.25, 0.3) is 5.91 Å². The molecule has 0 unspecified atom stereocenters. The summed E-state index contributed by atoms with van der Waals surface area (Å²) < 4.78 is 12.9. The van der Waals surface area contributed by atoms with Crippen LogP contribution in [0.2, 0.25) is 0 Å². The molecule has 0 spiro atoms. The van der Waals surface area contributed by atoms with Crippen LogP contribution in [0.5, 0.6) is 0 Å². The van der Waals surface area contributed by atoms with Crippen molar-refractivity contribution in [2.45, 2.75) is 0 Å². The first-order valence-electron chi connectivity index (χ1n) is 4.98. The highest BCUT2D eigenvalue weighted by molar-refractivity contribution is 5.97. The minimum Gasteiger partial charge on any atom is -0.353 e. The summed E-state index contributed by atoms with van der Waals surface area (Å²) in [4.78, 5) is 24.4. The molecule has 5 heteroatoms. The number of hydrogen-bond acceptors (Lipinski definition) is 2. The lowest BCUT2D eigenvalue weighted by atomic mass is 10.2. The molecule has 1 aliphatic heterocycles. The van der Waals surface area contributed by atoms with Crippen molar-refractivity contribution in [3.8, 4) is 0 Å². The van der Waals surface area contributed by atoms with E-state index in [9.17, 15) is 14.0 Å². The predicted molar refractivity (Wildman–Crippen MR) is 55.3 cm³/mol. The number of halogens is 1. The topological polar surface area (TPSA) is 49.4 Å². The molecule has 84 valence electrons. The molecule has 16 heavy (non-hydrogen) atoms. The molecule has 1 saturated heterocycles. The quantitative estimate of drug-likeness (QED) is 0.747. The molecule has 1 aliphatic rings. The molecule has 0 aliphatic carbocycles. The van der Waals surface area contributed by atoms with Crippen molar-refractivity contribution in [3.05, 3.63) is 35.6 Å². The summed E-state index contributed by atoms with van der Waals surface area (Å²) in [5, 5.41) is 2.62. The summed E-state index contributed by atoms with van der Waals surface area (Å²) >= 11 is 0. The number of benzene rings is 1.